The highest BCUT2D eigenvalue weighted by Gasteiger charge is 2.23. The van der Waals surface area contributed by atoms with Gasteiger partial charge in [-0.1, -0.05) is 18.2 Å². The third kappa shape index (κ3) is 3.27. The van der Waals surface area contributed by atoms with E-state index in [9.17, 15) is 14.7 Å². The zero-order valence-electron chi connectivity index (χ0n) is 13.3. The Morgan fingerprint density at radius 1 is 1.17 bits per heavy atom. The average molecular weight is 328 g/mol. The summed E-state index contributed by atoms with van der Waals surface area (Å²) in [5.41, 5.74) is -0.120. The van der Waals surface area contributed by atoms with Crippen LogP contribution in [0.15, 0.2) is 47.5 Å². The molecule has 1 aliphatic heterocycles. The predicted octanol–water partition coefficient (Wildman–Crippen LogP) is 2.31. The second-order valence-corrected chi connectivity index (χ2v) is 6.07. The standard InChI is InChI=1S/C18H20N2O4/c21-16-12-19(11-15(17(16)22)18(23)24)10-14-8-4-5-9-20(14)13-6-2-1-3-7-13/h1-3,6-7,11-12,14,21H,4-5,8-10H2,(H,23,24). The van der Waals surface area contributed by atoms with Gasteiger partial charge < -0.3 is 19.7 Å². The Labute approximate surface area is 139 Å². The molecule has 2 heterocycles. The van der Waals surface area contributed by atoms with Crippen LogP contribution in [-0.2, 0) is 6.54 Å². The second-order valence-electron chi connectivity index (χ2n) is 6.07. The van der Waals surface area contributed by atoms with Crippen molar-refractivity contribution in [2.24, 2.45) is 0 Å². The van der Waals surface area contributed by atoms with E-state index in [0.717, 1.165) is 31.5 Å². The number of carbonyl (C=O) groups is 1. The molecule has 1 fully saturated rings. The number of hydrogen-bond acceptors (Lipinski definition) is 4. The average Bonchev–Trinajstić information content (AvgIpc) is 2.59. The first-order valence-electron chi connectivity index (χ1n) is 8.04. The highest BCUT2D eigenvalue weighted by Crippen LogP contribution is 2.25. The number of carboxylic acid groups (broad SMARTS) is 1. The van der Waals surface area contributed by atoms with Crippen LogP contribution in [0.1, 0.15) is 29.6 Å². The van der Waals surface area contributed by atoms with Crippen LogP contribution in [0.5, 0.6) is 5.75 Å². The summed E-state index contributed by atoms with van der Waals surface area (Å²) in [6.45, 7) is 1.45. The quantitative estimate of drug-likeness (QED) is 0.900. The number of carboxylic acids is 1. The first-order valence-corrected chi connectivity index (χ1v) is 8.04. The molecule has 1 aromatic carbocycles. The Morgan fingerprint density at radius 3 is 2.62 bits per heavy atom. The molecule has 0 bridgehead atoms. The maximum absolute atomic E-state index is 11.7. The van der Waals surface area contributed by atoms with Gasteiger partial charge in [0.05, 0.1) is 0 Å². The smallest absolute Gasteiger partial charge is 0.341 e. The van der Waals surface area contributed by atoms with Gasteiger partial charge in [0.15, 0.2) is 5.75 Å². The van der Waals surface area contributed by atoms with E-state index >= 15 is 0 Å². The van der Waals surface area contributed by atoms with Crippen molar-refractivity contribution in [1.82, 2.24) is 4.57 Å². The minimum atomic E-state index is -1.33. The summed E-state index contributed by atoms with van der Waals surface area (Å²) < 4.78 is 1.60. The van der Waals surface area contributed by atoms with Gasteiger partial charge in [0, 0.05) is 37.2 Å². The van der Waals surface area contributed by atoms with Crippen LogP contribution in [0, 0.1) is 0 Å². The summed E-state index contributed by atoms with van der Waals surface area (Å²) in [6, 6.07) is 10.3. The van der Waals surface area contributed by atoms with Gasteiger partial charge in [-0.15, -0.1) is 0 Å². The van der Waals surface area contributed by atoms with Gasteiger partial charge in [-0.3, -0.25) is 4.79 Å². The van der Waals surface area contributed by atoms with Crippen molar-refractivity contribution >= 4 is 11.7 Å². The molecular weight excluding hydrogens is 308 g/mol. The van der Waals surface area contributed by atoms with Gasteiger partial charge in [0.1, 0.15) is 5.56 Å². The van der Waals surface area contributed by atoms with Crippen LogP contribution in [0.25, 0.3) is 0 Å². The van der Waals surface area contributed by atoms with E-state index in [1.807, 2.05) is 18.2 Å². The number of para-hydroxylation sites is 1. The molecule has 1 aliphatic rings. The van der Waals surface area contributed by atoms with Crippen LogP contribution < -0.4 is 10.3 Å². The summed E-state index contributed by atoms with van der Waals surface area (Å²) in [7, 11) is 0. The van der Waals surface area contributed by atoms with Crippen LogP contribution in [0.3, 0.4) is 0 Å². The molecule has 2 aromatic rings. The number of anilines is 1. The van der Waals surface area contributed by atoms with Crippen LogP contribution >= 0.6 is 0 Å². The number of aromatic hydroxyl groups is 1. The van der Waals surface area contributed by atoms with E-state index < -0.39 is 22.7 Å². The van der Waals surface area contributed by atoms with Gasteiger partial charge in [-0.05, 0) is 31.4 Å². The molecule has 0 spiro atoms. The molecule has 3 rings (SSSR count). The third-order valence-electron chi connectivity index (χ3n) is 4.43. The lowest BCUT2D eigenvalue weighted by atomic mass is 10.0. The lowest BCUT2D eigenvalue weighted by Gasteiger charge is -2.38. The number of hydrogen-bond donors (Lipinski definition) is 2. The number of pyridine rings is 1. The zero-order chi connectivity index (χ0) is 17.1. The maximum atomic E-state index is 11.7. The Balaban J connectivity index is 1.88. The number of piperidine rings is 1. The largest absolute Gasteiger partial charge is 0.503 e. The highest BCUT2D eigenvalue weighted by atomic mass is 16.4. The van der Waals surface area contributed by atoms with Gasteiger partial charge >= 0.3 is 5.97 Å². The van der Waals surface area contributed by atoms with Gasteiger partial charge in [0.2, 0.25) is 5.43 Å². The first kappa shape index (κ1) is 16.1. The Kier molecular flexibility index (Phi) is 4.55. The summed E-state index contributed by atoms with van der Waals surface area (Å²) in [4.78, 5) is 25.2. The monoisotopic (exact) mass is 328 g/mol. The molecule has 1 unspecified atom stereocenters. The molecule has 0 aliphatic carbocycles. The molecule has 6 heteroatoms. The lowest BCUT2D eigenvalue weighted by Crippen LogP contribution is -2.42. The molecule has 0 radical (unpaired) electrons. The normalized spacial score (nSPS) is 17.7. The predicted molar refractivity (Wildman–Crippen MR) is 90.8 cm³/mol. The number of nitrogens with zero attached hydrogens (tertiary/aromatic N) is 2. The number of benzene rings is 1. The second kappa shape index (κ2) is 6.78. The topological polar surface area (TPSA) is 82.8 Å². The molecule has 6 nitrogen and oxygen atoms in total. The molecular formula is C18H20N2O4. The highest BCUT2D eigenvalue weighted by molar-refractivity contribution is 5.87. The minimum Gasteiger partial charge on any atom is -0.503 e. The fourth-order valence-corrected chi connectivity index (χ4v) is 3.27. The number of aromatic nitrogens is 1. The minimum absolute atomic E-state index is 0.185. The molecule has 0 saturated carbocycles. The summed E-state index contributed by atoms with van der Waals surface area (Å²) in [5.74, 6) is -1.86. The molecule has 2 N–H and O–H groups in total. The van der Waals surface area contributed by atoms with Gasteiger partial charge in [-0.2, -0.15) is 0 Å². The van der Waals surface area contributed by atoms with Crippen molar-refractivity contribution in [2.45, 2.75) is 31.8 Å². The van der Waals surface area contributed by atoms with E-state index in [0.29, 0.717) is 6.54 Å². The molecule has 24 heavy (non-hydrogen) atoms. The zero-order valence-corrected chi connectivity index (χ0v) is 13.3. The molecule has 1 atom stereocenters. The fourth-order valence-electron chi connectivity index (χ4n) is 3.27. The van der Waals surface area contributed by atoms with E-state index in [4.69, 9.17) is 5.11 Å². The number of rotatable bonds is 4. The molecule has 0 amide bonds. The molecule has 1 aromatic heterocycles. The Bertz CT molecular complexity index is 785. The lowest BCUT2D eigenvalue weighted by molar-refractivity contribution is 0.0693. The first-order chi connectivity index (χ1) is 11.6. The van der Waals surface area contributed by atoms with Crippen molar-refractivity contribution in [3.63, 3.8) is 0 Å². The van der Waals surface area contributed by atoms with Gasteiger partial charge in [-0.25, -0.2) is 4.79 Å². The van der Waals surface area contributed by atoms with E-state index in [-0.39, 0.29) is 6.04 Å². The molecule has 126 valence electrons. The van der Waals surface area contributed by atoms with Crippen molar-refractivity contribution in [2.75, 3.05) is 11.4 Å². The van der Waals surface area contributed by atoms with Crippen molar-refractivity contribution in [3.05, 3.63) is 58.5 Å². The van der Waals surface area contributed by atoms with Crippen LogP contribution in [0.2, 0.25) is 0 Å². The maximum Gasteiger partial charge on any atom is 0.341 e. The van der Waals surface area contributed by atoms with Gasteiger partial charge in [0.25, 0.3) is 0 Å². The van der Waals surface area contributed by atoms with Crippen molar-refractivity contribution < 1.29 is 15.0 Å². The molecule has 1 saturated heterocycles. The van der Waals surface area contributed by atoms with E-state index in [1.54, 1.807) is 4.57 Å². The third-order valence-corrected chi connectivity index (χ3v) is 4.43. The van der Waals surface area contributed by atoms with E-state index in [2.05, 4.69) is 17.0 Å². The summed E-state index contributed by atoms with van der Waals surface area (Å²) in [5, 5.41) is 18.8. The Morgan fingerprint density at radius 2 is 1.92 bits per heavy atom. The number of aromatic carboxylic acids is 1. The van der Waals surface area contributed by atoms with E-state index in [1.165, 1.54) is 12.4 Å². The summed E-state index contributed by atoms with van der Waals surface area (Å²) in [6.07, 6.45) is 5.81. The Hall–Kier alpha value is -2.76. The fraction of sp³-hybridized carbons (Fsp3) is 0.333. The van der Waals surface area contributed by atoms with Crippen LogP contribution in [0.4, 0.5) is 5.69 Å². The van der Waals surface area contributed by atoms with Crippen LogP contribution in [-0.4, -0.2) is 33.3 Å². The summed E-state index contributed by atoms with van der Waals surface area (Å²) >= 11 is 0. The SMILES string of the molecule is O=C(O)c1cn(CC2CCCCN2c2ccccc2)cc(O)c1=O. The van der Waals surface area contributed by atoms with Crippen molar-refractivity contribution in [1.29, 1.82) is 0 Å². The van der Waals surface area contributed by atoms with Crippen molar-refractivity contribution in [3.8, 4) is 5.75 Å².